The Morgan fingerprint density at radius 3 is 2.29 bits per heavy atom. The number of nitrogens with zero attached hydrogens (tertiary/aromatic N) is 2. The predicted octanol–water partition coefficient (Wildman–Crippen LogP) is 4.86. The number of aromatic nitrogens is 1. The van der Waals surface area contributed by atoms with Crippen molar-refractivity contribution in [3.05, 3.63) is 78.0 Å². The highest BCUT2D eigenvalue weighted by molar-refractivity contribution is 6.06. The first-order valence-corrected chi connectivity index (χ1v) is 9.87. The molecule has 160 valence electrons. The second kappa shape index (κ2) is 8.87. The molecule has 0 saturated carbocycles. The van der Waals surface area contributed by atoms with Gasteiger partial charge in [-0.05, 0) is 44.5 Å². The Morgan fingerprint density at radius 1 is 1.06 bits per heavy atom. The van der Waals surface area contributed by atoms with Crippen molar-refractivity contribution in [3.63, 3.8) is 0 Å². The van der Waals surface area contributed by atoms with E-state index < -0.39 is 11.6 Å². The second-order valence-corrected chi connectivity index (χ2v) is 8.21. The zero-order valence-electron chi connectivity index (χ0n) is 17.8. The molecule has 2 aromatic carbocycles. The third-order valence-electron chi connectivity index (χ3n) is 4.85. The molecular weight excluding hydrogens is 392 g/mol. The first kappa shape index (κ1) is 21.8. The Balaban J connectivity index is 1.75. The summed E-state index contributed by atoms with van der Waals surface area (Å²) in [6.07, 6.45) is 0.533. The molecule has 0 fully saturated rings. The number of nitrogens with two attached hydrogens (primary N) is 1. The van der Waals surface area contributed by atoms with Gasteiger partial charge in [0, 0.05) is 23.2 Å². The van der Waals surface area contributed by atoms with Gasteiger partial charge in [0.25, 0.3) is 5.91 Å². The summed E-state index contributed by atoms with van der Waals surface area (Å²) in [6, 6.07) is 18.2. The van der Waals surface area contributed by atoms with E-state index in [2.05, 4.69) is 10.3 Å². The van der Waals surface area contributed by atoms with Crippen LogP contribution in [0.2, 0.25) is 0 Å². The molecule has 3 aromatic rings. The van der Waals surface area contributed by atoms with Crippen LogP contribution >= 0.6 is 0 Å². The summed E-state index contributed by atoms with van der Waals surface area (Å²) >= 11 is 0. The number of hydrogen-bond acceptors (Lipinski definition) is 4. The van der Waals surface area contributed by atoms with Crippen LogP contribution in [-0.4, -0.2) is 32.5 Å². The van der Waals surface area contributed by atoms with E-state index >= 15 is 0 Å². The molecular formula is C24H26N4O3. The van der Waals surface area contributed by atoms with Crippen LogP contribution in [0.3, 0.4) is 0 Å². The number of carboxylic acid groups (broad SMARTS) is 1. The summed E-state index contributed by atoms with van der Waals surface area (Å²) in [7, 11) is 0. The third kappa shape index (κ3) is 5.39. The summed E-state index contributed by atoms with van der Waals surface area (Å²) < 4.78 is 0. The SMILES string of the molecule is CC(C)(C)N(Cc1ccc(C(=O)Nc2cc(-c3ccccc3)ncc2N)cc1)C(=O)O. The van der Waals surface area contributed by atoms with Crippen molar-refractivity contribution in [1.82, 2.24) is 9.88 Å². The van der Waals surface area contributed by atoms with Gasteiger partial charge in [-0.25, -0.2) is 4.79 Å². The minimum absolute atomic E-state index is 0.235. The molecule has 0 atom stereocenters. The highest BCUT2D eigenvalue weighted by atomic mass is 16.4. The topological polar surface area (TPSA) is 109 Å². The van der Waals surface area contributed by atoms with Gasteiger partial charge in [-0.2, -0.15) is 0 Å². The molecule has 0 saturated heterocycles. The van der Waals surface area contributed by atoms with Gasteiger partial charge < -0.3 is 16.2 Å². The average molecular weight is 418 g/mol. The van der Waals surface area contributed by atoms with Crippen LogP contribution in [0.25, 0.3) is 11.3 Å². The predicted molar refractivity (Wildman–Crippen MR) is 122 cm³/mol. The minimum Gasteiger partial charge on any atom is -0.465 e. The number of carbonyl (C=O) groups is 2. The molecule has 0 aliphatic heterocycles. The fourth-order valence-corrected chi connectivity index (χ4v) is 3.07. The lowest BCUT2D eigenvalue weighted by molar-refractivity contribution is 0.0953. The number of nitrogen functional groups attached to an aromatic ring is 1. The highest BCUT2D eigenvalue weighted by Gasteiger charge is 2.26. The van der Waals surface area contributed by atoms with Crippen LogP contribution < -0.4 is 11.1 Å². The van der Waals surface area contributed by atoms with Gasteiger partial charge in [-0.15, -0.1) is 0 Å². The average Bonchev–Trinajstić information content (AvgIpc) is 2.73. The van der Waals surface area contributed by atoms with Crippen LogP contribution in [0, 0.1) is 0 Å². The van der Waals surface area contributed by atoms with E-state index in [1.807, 2.05) is 51.1 Å². The summed E-state index contributed by atoms with van der Waals surface area (Å²) in [4.78, 5) is 29.9. The highest BCUT2D eigenvalue weighted by Crippen LogP contribution is 2.25. The van der Waals surface area contributed by atoms with Gasteiger partial charge >= 0.3 is 6.09 Å². The normalized spacial score (nSPS) is 11.1. The first-order chi connectivity index (χ1) is 14.6. The summed E-state index contributed by atoms with van der Waals surface area (Å²) in [5, 5.41) is 12.3. The maximum absolute atomic E-state index is 12.7. The smallest absolute Gasteiger partial charge is 0.408 e. The Labute approximate surface area is 181 Å². The maximum atomic E-state index is 12.7. The maximum Gasteiger partial charge on any atom is 0.408 e. The Morgan fingerprint density at radius 2 is 1.71 bits per heavy atom. The van der Waals surface area contributed by atoms with Gasteiger partial charge in [0.2, 0.25) is 0 Å². The van der Waals surface area contributed by atoms with Crippen molar-refractivity contribution in [2.24, 2.45) is 0 Å². The van der Waals surface area contributed by atoms with Crippen molar-refractivity contribution in [2.75, 3.05) is 11.1 Å². The quantitative estimate of drug-likeness (QED) is 0.548. The Hall–Kier alpha value is -3.87. The Bertz CT molecular complexity index is 1070. The van der Waals surface area contributed by atoms with Gasteiger partial charge in [0.1, 0.15) is 0 Å². The number of anilines is 2. The molecule has 0 unspecified atom stereocenters. The molecule has 0 aliphatic carbocycles. The van der Waals surface area contributed by atoms with Gasteiger partial charge in [0.15, 0.2) is 0 Å². The monoisotopic (exact) mass is 418 g/mol. The number of nitrogens with one attached hydrogen (secondary N) is 1. The number of rotatable bonds is 5. The largest absolute Gasteiger partial charge is 0.465 e. The van der Waals surface area contributed by atoms with E-state index in [1.165, 1.54) is 11.1 Å². The zero-order chi connectivity index (χ0) is 22.6. The van der Waals surface area contributed by atoms with E-state index in [4.69, 9.17) is 5.73 Å². The summed E-state index contributed by atoms with van der Waals surface area (Å²) in [5.74, 6) is -0.311. The summed E-state index contributed by atoms with van der Waals surface area (Å²) in [6.45, 7) is 5.75. The molecule has 1 aromatic heterocycles. The minimum atomic E-state index is -0.989. The van der Waals surface area contributed by atoms with E-state index in [1.54, 1.807) is 30.3 Å². The fourth-order valence-electron chi connectivity index (χ4n) is 3.07. The molecule has 0 spiro atoms. The van der Waals surface area contributed by atoms with Crippen LogP contribution in [0.1, 0.15) is 36.7 Å². The molecule has 0 radical (unpaired) electrons. The number of pyridine rings is 1. The van der Waals surface area contributed by atoms with Crippen LogP contribution in [0.4, 0.5) is 16.2 Å². The second-order valence-electron chi connectivity index (χ2n) is 8.21. The van der Waals surface area contributed by atoms with E-state index in [0.29, 0.717) is 22.6 Å². The van der Waals surface area contributed by atoms with Crippen molar-refractivity contribution in [3.8, 4) is 11.3 Å². The molecule has 0 bridgehead atoms. The van der Waals surface area contributed by atoms with E-state index in [-0.39, 0.29) is 12.5 Å². The van der Waals surface area contributed by atoms with Gasteiger partial charge in [-0.1, -0.05) is 42.5 Å². The molecule has 7 heteroatoms. The van der Waals surface area contributed by atoms with Crippen LogP contribution in [-0.2, 0) is 6.54 Å². The molecule has 2 amide bonds. The number of benzene rings is 2. The number of hydrogen-bond donors (Lipinski definition) is 3. The van der Waals surface area contributed by atoms with Crippen LogP contribution in [0.15, 0.2) is 66.9 Å². The van der Waals surface area contributed by atoms with Crippen molar-refractivity contribution >= 4 is 23.4 Å². The molecule has 31 heavy (non-hydrogen) atoms. The van der Waals surface area contributed by atoms with Gasteiger partial charge in [-0.3, -0.25) is 14.7 Å². The zero-order valence-corrected chi connectivity index (χ0v) is 17.8. The standard InChI is InChI=1S/C24H26N4O3/c1-24(2,3)28(23(30)31)15-16-9-11-18(12-10-16)22(29)27-21-13-20(26-14-19(21)25)17-7-5-4-6-8-17/h4-14H,15,25H2,1-3H3,(H,30,31)(H,26,27,29). The number of amides is 2. The number of carbonyl (C=O) groups excluding carboxylic acids is 1. The molecule has 1 heterocycles. The van der Waals surface area contributed by atoms with E-state index in [9.17, 15) is 14.7 Å². The van der Waals surface area contributed by atoms with Crippen molar-refractivity contribution in [1.29, 1.82) is 0 Å². The summed E-state index contributed by atoms with van der Waals surface area (Å²) in [5.41, 5.74) is 9.18. The lowest BCUT2D eigenvalue weighted by Gasteiger charge is -2.33. The Kier molecular flexibility index (Phi) is 6.25. The lowest BCUT2D eigenvalue weighted by atomic mass is 10.0. The lowest BCUT2D eigenvalue weighted by Crippen LogP contribution is -2.44. The fraction of sp³-hybridized carbons (Fsp3) is 0.208. The van der Waals surface area contributed by atoms with E-state index in [0.717, 1.165) is 11.1 Å². The van der Waals surface area contributed by atoms with Crippen LogP contribution in [0.5, 0.6) is 0 Å². The molecule has 4 N–H and O–H groups in total. The molecule has 7 nitrogen and oxygen atoms in total. The first-order valence-electron chi connectivity index (χ1n) is 9.87. The van der Waals surface area contributed by atoms with Crippen molar-refractivity contribution in [2.45, 2.75) is 32.9 Å². The molecule has 3 rings (SSSR count). The third-order valence-corrected chi connectivity index (χ3v) is 4.85. The van der Waals surface area contributed by atoms with Gasteiger partial charge in [0.05, 0.1) is 23.3 Å². The molecule has 0 aliphatic rings. The van der Waals surface area contributed by atoms with Crippen molar-refractivity contribution < 1.29 is 14.7 Å².